The van der Waals surface area contributed by atoms with E-state index in [9.17, 15) is 0 Å². The van der Waals surface area contributed by atoms with E-state index in [1.54, 1.807) is 0 Å². The highest BCUT2D eigenvalue weighted by molar-refractivity contribution is 7.99. The fraction of sp³-hybridized carbons (Fsp3) is 0.857. The minimum Gasteiger partial charge on any atom is -0.374 e. The van der Waals surface area contributed by atoms with Gasteiger partial charge >= 0.3 is 0 Å². The van der Waals surface area contributed by atoms with Crippen LogP contribution in [0, 0.1) is 12.3 Å². The molecule has 0 radical (unpaired) electrons. The average molecular weight is 253 g/mol. The summed E-state index contributed by atoms with van der Waals surface area (Å²) in [5, 5.41) is 3.63. The Labute approximate surface area is 109 Å². The van der Waals surface area contributed by atoms with Crippen molar-refractivity contribution < 1.29 is 4.74 Å². The number of terminal acetylenes is 1. The summed E-state index contributed by atoms with van der Waals surface area (Å²) in [5.74, 6) is 5.29. The molecule has 2 nitrogen and oxygen atoms in total. The average Bonchev–Trinajstić information content (AvgIpc) is 2.77. The van der Waals surface area contributed by atoms with E-state index in [4.69, 9.17) is 11.2 Å². The Morgan fingerprint density at radius 1 is 1.65 bits per heavy atom. The number of nitrogens with one attached hydrogen (secondary N) is 1. The Bertz CT molecular complexity index is 280. The van der Waals surface area contributed by atoms with Gasteiger partial charge < -0.3 is 10.1 Å². The lowest BCUT2D eigenvalue weighted by Crippen LogP contribution is -2.49. The van der Waals surface area contributed by atoms with Crippen LogP contribution < -0.4 is 5.32 Å². The molecule has 1 spiro atoms. The Kier molecular flexibility index (Phi) is 4.78. The molecule has 2 rings (SSSR count). The number of rotatable bonds is 4. The van der Waals surface area contributed by atoms with Gasteiger partial charge in [-0.05, 0) is 31.4 Å². The lowest BCUT2D eigenvalue weighted by Gasteiger charge is -2.39. The van der Waals surface area contributed by atoms with Crippen LogP contribution in [0.3, 0.4) is 0 Å². The second kappa shape index (κ2) is 6.13. The highest BCUT2D eigenvalue weighted by Gasteiger charge is 2.40. The van der Waals surface area contributed by atoms with Crippen LogP contribution in [0.4, 0.5) is 0 Å². The molecular weight excluding hydrogens is 230 g/mol. The third-order valence-corrected chi connectivity index (χ3v) is 5.00. The third kappa shape index (κ3) is 3.40. The van der Waals surface area contributed by atoms with Gasteiger partial charge in [-0.15, -0.1) is 6.42 Å². The van der Waals surface area contributed by atoms with Gasteiger partial charge in [0.2, 0.25) is 0 Å². The first-order valence-electron chi connectivity index (χ1n) is 6.72. The maximum atomic E-state index is 6.02. The first kappa shape index (κ1) is 13.3. The van der Waals surface area contributed by atoms with E-state index < -0.39 is 0 Å². The predicted octanol–water partition coefficient (Wildman–Crippen LogP) is 2.43. The summed E-state index contributed by atoms with van der Waals surface area (Å²) < 4.78 is 6.02. The lowest BCUT2D eigenvalue weighted by atomic mass is 9.89. The summed E-state index contributed by atoms with van der Waals surface area (Å²) >= 11 is 2.02. The maximum Gasteiger partial charge on any atom is 0.0795 e. The van der Waals surface area contributed by atoms with E-state index in [1.807, 2.05) is 11.8 Å². The van der Waals surface area contributed by atoms with Crippen molar-refractivity contribution in [1.82, 2.24) is 5.32 Å². The molecule has 0 saturated carbocycles. The highest BCUT2D eigenvalue weighted by Crippen LogP contribution is 2.38. The minimum absolute atomic E-state index is 0.159. The molecule has 1 N–H and O–H groups in total. The van der Waals surface area contributed by atoms with Crippen LogP contribution in [-0.2, 0) is 4.74 Å². The van der Waals surface area contributed by atoms with Crippen molar-refractivity contribution in [2.24, 2.45) is 0 Å². The first-order chi connectivity index (χ1) is 8.28. The molecule has 0 bridgehead atoms. The van der Waals surface area contributed by atoms with Crippen molar-refractivity contribution in [2.75, 3.05) is 18.1 Å². The largest absolute Gasteiger partial charge is 0.374 e. The summed E-state index contributed by atoms with van der Waals surface area (Å²) in [6.07, 6.45) is 11.3. The fourth-order valence-corrected chi connectivity index (χ4v) is 4.20. The van der Waals surface area contributed by atoms with Crippen LogP contribution in [0.15, 0.2) is 0 Å². The van der Waals surface area contributed by atoms with Gasteiger partial charge in [0, 0.05) is 18.4 Å². The van der Waals surface area contributed by atoms with Gasteiger partial charge in [-0.3, -0.25) is 0 Å². The van der Waals surface area contributed by atoms with Gasteiger partial charge in [0.25, 0.3) is 0 Å². The molecular formula is C14H23NOS. The number of hydrogen-bond donors (Lipinski definition) is 1. The molecule has 2 saturated heterocycles. The highest BCUT2D eigenvalue weighted by atomic mass is 32.2. The zero-order valence-corrected chi connectivity index (χ0v) is 11.5. The van der Waals surface area contributed by atoms with Gasteiger partial charge in [-0.25, -0.2) is 0 Å². The van der Waals surface area contributed by atoms with Gasteiger partial charge in [-0.2, -0.15) is 11.8 Å². The van der Waals surface area contributed by atoms with Crippen LogP contribution in [0.2, 0.25) is 0 Å². The number of thioether (sulfide) groups is 1. The summed E-state index contributed by atoms with van der Waals surface area (Å²) in [7, 11) is 0. The van der Waals surface area contributed by atoms with E-state index in [-0.39, 0.29) is 11.6 Å². The van der Waals surface area contributed by atoms with E-state index in [1.165, 1.54) is 17.9 Å². The molecule has 0 aromatic carbocycles. The molecule has 2 aliphatic heterocycles. The number of hydrogen-bond acceptors (Lipinski definition) is 3. The quantitative estimate of drug-likeness (QED) is 0.778. The van der Waals surface area contributed by atoms with E-state index in [0.29, 0.717) is 6.04 Å². The minimum atomic E-state index is 0.159. The third-order valence-electron chi connectivity index (χ3n) is 3.78. The van der Waals surface area contributed by atoms with Crippen molar-refractivity contribution in [3.05, 3.63) is 0 Å². The lowest BCUT2D eigenvalue weighted by molar-refractivity contribution is -0.0707. The SMILES string of the molecule is C#CC(CCC)NC1CCOC2(CCSC2)C1. The zero-order chi connectivity index (χ0) is 12.1. The molecule has 3 heteroatoms. The summed E-state index contributed by atoms with van der Waals surface area (Å²) in [5.41, 5.74) is 0.159. The molecule has 0 amide bonds. The molecule has 2 aliphatic rings. The van der Waals surface area contributed by atoms with Gasteiger partial charge in [-0.1, -0.05) is 19.3 Å². The van der Waals surface area contributed by atoms with E-state index >= 15 is 0 Å². The van der Waals surface area contributed by atoms with Crippen molar-refractivity contribution >= 4 is 11.8 Å². The molecule has 2 heterocycles. The van der Waals surface area contributed by atoms with Crippen LogP contribution in [-0.4, -0.2) is 35.8 Å². The van der Waals surface area contributed by atoms with Crippen LogP contribution in [0.25, 0.3) is 0 Å². The standard InChI is InChI=1S/C14H23NOS/c1-3-5-12(4-2)15-13-6-8-16-14(10-13)7-9-17-11-14/h2,12-13,15H,3,5-11H2,1H3. The van der Waals surface area contributed by atoms with E-state index in [2.05, 4.69) is 18.2 Å². The van der Waals surface area contributed by atoms with Crippen molar-refractivity contribution in [3.8, 4) is 12.3 Å². The zero-order valence-electron chi connectivity index (χ0n) is 10.7. The Balaban J connectivity index is 1.87. The monoisotopic (exact) mass is 253 g/mol. The molecule has 2 fully saturated rings. The van der Waals surface area contributed by atoms with Crippen molar-refractivity contribution in [1.29, 1.82) is 0 Å². The molecule has 96 valence electrons. The molecule has 0 aliphatic carbocycles. The summed E-state index contributed by atoms with van der Waals surface area (Å²) in [6.45, 7) is 3.08. The fourth-order valence-electron chi connectivity index (χ4n) is 2.82. The second-order valence-electron chi connectivity index (χ2n) is 5.20. The van der Waals surface area contributed by atoms with Gasteiger partial charge in [0.15, 0.2) is 0 Å². The van der Waals surface area contributed by atoms with Gasteiger partial charge in [0.05, 0.1) is 11.6 Å². The smallest absolute Gasteiger partial charge is 0.0795 e. The van der Waals surface area contributed by atoms with Crippen LogP contribution >= 0.6 is 11.8 Å². The van der Waals surface area contributed by atoms with Gasteiger partial charge in [0.1, 0.15) is 0 Å². The molecule has 0 aromatic heterocycles. The Hall–Kier alpha value is -0.170. The van der Waals surface area contributed by atoms with Crippen molar-refractivity contribution in [2.45, 2.75) is 56.7 Å². The molecule has 3 atom stereocenters. The molecule has 3 unspecified atom stereocenters. The number of ether oxygens (including phenoxy) is 1. The second-order valence-corrected chi connectivity index (χ2v) is 6.30. The van der Waals surface area contributed by atoms with E-state index in [0.717, 1.165) is 32.3 Å². The molecule has 17 heavy (non-hydrogen) atoms. The maximum absolute atomic E-state index is 6.02. The van der Waals surface area contributed by atoms with Crippen LogP contribution in [0.5, 0.6) is 0 Å². The predicted molar refractivity (Wildman–Crippen MR) is 74.3 cm³/mol. The normalized spacial score (nSPS) is 34.7. The Morgan fingerprint density at radius 2 is 2.53 bits per heavy atom. The summed E-state index contributed by atoms with van der Waals surface area (Å²) in [6, 6.07) is 0.796. The summed E-state index contributed by atoms with van der Waals surface area (Å²) in [4.78, 5) is 0. The van der Waals surface area contributed by atoms with Crippen molar-refractivity contribution in [3.63, 3.8) is 0 Å². The Morgan fingerprint density at radius 3 is 3.18 bits per heavy atom. The topological polar surface area (TPSA) is 21.3 Å². The van der Waals surface area contributed by atoms with Crippen LogP contribution in [0.1, 0.15) is 39.0 Å². The first-order valence-corrected chi connectivity index (χ1v) is 7.87. The molecule has 0 aromatic rings.